The lowest BCUT2D eigenvalue weighted by atomic mass is 10.2. The summed E-state index contributed by atoms with van der Waals surface area (Å²) in [4.78, 5) is 25.3. The van der Waals surface area contributed by atoms with Crippen LogP contribution in [0.25, 0.3) is 0 Å². The third kappa shape index (κ3) is 5.89. The highest BCUT2D eigenvalue weighted by atomic mass is 35.5. The average molecular weight is 390 g/mol. The van der Waals surface area contributed by atoms with Gasteiger partial charge in [-0.3, -0.25) is 9.59 Å². The molecule has 0 N–H and O–H groups in total. The second-order valence-electron chi connectivity index (χ2n) is 5.71. The SMILES string of the molecule is COC(=O)CCN(C(=O)COc1ccc(Cl)cc1)[C@@H]1CCS(=O)(=O)C1. The van der Waals surface area contributed by atoms with E-state index >= 15 is 0 Å². The minimum Gasteiger partial charge on any atom is -0.484 e. The van der Waals surface area contributed by atoms with E-state index in [2.05, 4.69) is 4.74 Å². The van der Waals surface area contributed by atoms with Crippen LogP contribution in [0.15, 0.2) is 24.3 Å². The monoisotopic (exact) mass is 389 g/mol. The fourth-order valence-corrected chi connectivity index (χ4v) is 4.46. The summed E-state index contributed by atoms with van der Waals surface area (Å²) in [6, 6.07) is 6.10. The minimum atomic E-state index is -3.16. The first kappa shape index (κ1) is 19.5. The van der Waals surface area contributed by atoms with Gasteiger partial charge in [0.05, 0.1) is 25.0 Å². The molecule has 0 bridgehead atoms. The highest BCUT2D eigenvalue weighted by Crippen LogP contribution is 2.20. The van der Waals surface area contributed by atoms with Crippen LogP contribution in [-0.4, -0.2) is 63.0 Å². The molecule has 1 fully saturated rings. The average Bonchev–Trinajstić information content (AvgIpc) is 2.94. The molecule has 0 spiro atoms. The van der Waals surface area contributed by atoms with Gasteiger partial charge in [-0.25, -0.2) is 8.42 Å². The number of nitrogens with zero attached hydrogens (tertiary/aromatic N) is 1. The maximum atomic E-state index is 12.5. The lowest BCUT2D eigenvalue weighted by Crippen LogP contribution is -2.44. The number of rotatable bonds is 7. The number of carbonyl (C=O) groups is 2. The van der Waals surface area contributed by atoms with Crippen molar-refractivity contribution in [2.24, 2.45) is 0 Å². The van der Waals surface area contributed by atoms with Gasteiger partial charge in [0.25, 0.3) is 5.91 Å². The Balaban J connectivity index is 2.01. The van der Waals surface area contributed by atoms with E-state index in [9.17, 15) is 18.0 Å². The minimum absolute atomic E-state index is 0.000265. The zero-order valence-corrected chi connectivity index (χ0v) is 15.4. The number of halogens is 1. The standard InChI is InChI=1S/C16H20ClNO6S/c1-23-16(20)6-8-18(13-7-9-25(21,22)11-13)15(19)10-24-14-4-2-12(17)3-5-14/h2-5,13H,6-11H2,1H3/t13-/m1/s1. The Morgan fingerprint density at radius 3 is 2.52 bits per heavy atom. The Kier molecular flexibility index (Phi) is 6.66. The first-order valence-corrected chi connectivity index (χ1v) is 9.96. The molecule has 2 rings (SSSR count). The van der Waals surface area contributed by atoms with Crippen LogP contribution in [0, 0.1) is 0 Å². The Morgan fingerprint density at radius 2 is 1.96 bits per heavy atom. The van der Waals surface area contributed by atoms with Gasteiger partial charge >= 0.3 is 5.97 Å². The fourth-order valence-electron chi connectivity index (χ4n) is 2.60. The quantitative estimate of drug-likeness (QED) is 0.653. The molecular formula is C16H20ClNO6S. The van der Waals surface area contributed by atoms with E-state index < -0.39 is 21.8 Å². The molecule has 0 aliphatic carbocycles. The van der Waals surface area contributed by atoms with Crippen LogP contribution < -0.4 is 4.74 Å². The van der Waals surface area contributed by atoms with Crippen LogP contribution in [0.2, 0.25) is 5.02 Å². The Bertz CT molecular complexity index is 719. The number of sulfone groups is 1. The van der Waals surface area contributed by atoms with Crippen molar-refractivity contribution in [2.75, 3.05) is 31.8 Å². The molecule has 7 nitrogen and oxygen atoms in total. The molecule has 1 aromatic carbocycles. The van der Waals surface area contributed by atoms with E-state index in [-0.39, 0.29) is 37.0 Å². The van der Waals surface area contributed by atoms with Crippen molar-refractivity contribution in [1.29, 1.82) is 0 Å². The molecule has 138 valence electrons. The molecule has 0 aromatic heterocycles. The summed E-state index contributed by atoms with van der Waals surface area (Å²) < 4.78 is 33.4. The molecule has 1 aliphatic rings. The summed E-state index contributed by atoms with van der Waals surface area (Å²) in [7, 11) is -1.89. The van der Waals surface area contributed by atoms with Gasteiger partial charge in [0, 0.05) is 17.6 Å². The molecule has 1 atom stereocenters. The molecular weight excluding hydrogens is 370 g/mol. The smallest absolute Gasteiger partial charge is 0.307 e. The molecule has 25 heavy (non-hydrogen) atoms. The first-order chi connectivity index (χ1) is 11.8. The van der Waals surface area contributed by atoms with E-state index in [1.165, 1.54) is 12.0 Å². The highest BCUT2D eigenvalue weighted by molar-refractivity contribution is 7.91. The number of methoxy groups -OCH3 is 1. The van der Waals surface area contributed by atoms with Crippen molar-refractivity contribution >= 4 is 33.3 Å². The van der Waals surface area contributed by atoms with Crippen LogP contribution in [0.1, 0.15) is 12.8 Å². The number of esters is 1. The largest absolute Gasteiger partial charge is 0.484 e. The Hall–Kier alpha value is -1.80. The lowest BCUT2D eigenvalue weighted by molar-refractivity contribution is -0.142. The summed E-state index contributed by atoms with van der Waals surface area (Å²) >= 11 is 5.79. The van der Waals surface area contributed by atoms with Gasteiger partial charge in [-0.15, -0.1) is 0 Å². The number of hydrogen-bond acceptors (Lipinski definition) is 6. The topological polar surface area (TPSA) is 90.0 Å². The number of amides is 1. The van der Waals surface area contributed by atoms with Crippen molar-refractivity contribution in [3.05, 3.63) is 29.3 Å². The maximum Gasteiger partial charge on any atom is 0.307 e. The van der Waals surface area contributed by atoms with Gasteiger partial charge in [0.15, 0.2) is 16.4 Å². The summed E-state index contributed by atoms with van der Waals surface area (Å²) in [6.07, 6.45) is 0.357. The summed E-state index contributed by atoms with van der Waals surface area (Å²) in [6.45, 7) is -0.158. The predicted molar refractivity (Wildman–Crippen MR) is 92.4 cm³/mol. The van der Waals surface area contributed by atoms with Gasteiger partial charge in [-0.1, -0.05) is 11.6 Å². The second kappa shape index (κ2) is 8.53. The highest BCUT2D eigenvalue weighted by Gasteiger charge is 2.34. The molecule has 1 aromatic rings. The van der Waals surface area contributed by atoms with Crippen molar-refractivity contribution in [2.45, 2.75) is 18.9 Å². The molecule has 1 saturated heterocycles. The summed E-state index contributed by atoms with van der Waals surface area (Å²) in [5.41, 5.74) is 0. The van der Waals surface area contributed by atoms with Gasteiger partial charge in [0.1, 0.15) is 5.75 Å². The number of ether oxygens (including phenoxy) is 2. The third-order valence-corrected chi connectivity index (χ3v) is 5.93. The van der Waals surface area contributed by atoms with Gasteiger partial charge in [0.2, 0.25) is 0 Å². The van der Waals surface area contributed by atoms with Crippen molar-refractivity contribution in [1.82, 2.24) is 4.90 Å². The molecule has 0 saturated carbocycles. The van der Waals surface area contributed by atoms with Crippen LogP contribution >= 0.6 is 11.6 Å². The van der Waals surface area contributed by atoms with Gasteiger partial charge in [-0.2, -0.15) is 0 Å². The molecule has 9 heteroatoms. The predicted octanol–water partition coefficient (Wildman–Crippen LogP) is 1.30. The van der Waals surface area contributed by atoms with Crippen molar-refractivity contribution in [3.8, 4) is 5.75 Å². The van der Waals surface area contributed by atoms with E-state index in [0.717, 1.165) is 0 Å². The van der Waals surface area contributed by atoms with Crippen LogP contribution in [0.3, 0.4) is 0 Å². The fraction of sp³-hybridized carbons (Fsp3) is 0.500. The second-order valence-corrected chi connectivity index (χ2v) is 8.38. The Labute approximate surface area is 151 Å². The van der Waals surface area contributed by atoms with Crippen molar-refractivity contribution < 1.29 is 27.5 Å². The van der Waals surface area contributed by atoms with E-state index in [1.807, 2.05) is 0 Å². The van der Waals surface area contributed by atoms with Crippen LogP contribution in [-0.2, 0) is 24.2 Å². The van der Waals surface area contributed by atoms with E-state index in [0.29, 0.717) is 17.2 Å². The number of carbonyl (C=O) groups excluding carboxylic acids is 2. The van der Waals surface area contributed by atoms with Crippen LogP contribution in [0.4, 0.5) is 0 Å². The van der Waals surface area contributed by atoms with E-state index in [4.69, 9.17) is 16.3 Å². The zero-order chi connectivity index (χ0) is 18.4. The lowest BCUT2D eigenvalue weighted by Gasteiger charge is -2.28. The number of benzene rings is 1. The van der Waals surface area contributed by atoms with E-state index in [1.54, 1.807) is 24.3 Å². The molecule has 1 heterocycles. The van der Waals surface area contributed by atoms with Crippen molar-refractivity contribution in [3.63, 3.8) is 0 Å². The molecule has 0 unspecified atom stereocenters. The zero-order valence-electron chi connectivity index (χ0n) is 13.8. The van der Waals surface area contributed by atoms with Gasteiger partial charge in [-0.05, 0) is 30.7 Å². The number of hydrogen-bond donors (Lipinski definition) is 0. The summed E-state index contributed by atoms with van der Waals surface area (Å²) in [5, 5.41) is 0.551. The maximum absolute atomic E-state index is 12.5. The Morgan fingerprint density at radius 1 is 1.28 bits per heavy atom. The van der Waals surface area contributed by atoms with Gasteiger partial charge < -0.3 is 14.4 Å². The molecule has 0 radical (unpaired) electrons. The third-order valence-electron chi connectivity index (χ3n) is 3.93. The van der Waals surface area contributed by atoms with Crippen LogP contribution in [0.5, 0.6) is 5.75 Å². The molecule has 1 aliphatic heterocycles. The normalized spacial score (nSPS) is 18.6. The molecule has 1 amide bonds. The first-order valence-electron chi connectivity index (χ1n) is 7.76. The summed E-state index contributed by atoms with van der Waals surface area (Å²) in [5.74, 6) is -0.415.